The van der Waals surface area contributed by atoms with Crippen molar-refractivity contribution in [2.75, 3.05) is 6.61 Å². The van der Waals surface area contributed by atoms with E-state index in [1.54, 1.807) is 0 Å². The Morgan fingerprint density at radius 3 is 2.06 bits per heavy atom. The summed E-state index contributed by atoms with van der Waals surface area (Å²) < 4.78 is 34.7. The second-order valence-corrected chi connectivity index (χ2v) is 9.13. The van der Waals surface area contributed by atoms with Crippen LogP contribution in [0, 0.1) is 0 Å². The molecule has 0 aliphatic heterocycles. The van der Waals surface area contributed by atoms with Crippen LogP contribution in [0.2, 0.25) is 12.6 Å². The summed E-state index contributed by atoms with van der Waals surface area (Å²) >= 11 is 0. The molecule has 2 atom stereocenters. The third-order valence-electron chi connectivity index (χ3n) is 3.02. The Kier molecular flexibility index (Phi) is 7.48. The van der Waals surface area contributed by atoms with Gasteiger partial charge in [0.15, 0.2) is 5.34 Å². The molecule has 0 fully saturated rings. The lowest BCUT2D eigenvalue weighted by molar-refractivity contribution is 0.0747. The van der Waals surface area contributed by atoms with E-state index < -0.39 is 21.6 Å². The van der Waals surface area contributed by atoms with Crippen LogP contribution in [0.25, 0.3) is 0 Å². The molecule has 0 aromatic heterocycles. The van der Waals surface area contributed by atoms with Gasteiger partial charge in [-0.15, -0.1) is 0 Å². The lowest BCUT2D eigenvalue weighted by Crippen LogP contribution is -2.46. The molecule has 0 aliphatic carbocycles. The number of hydrogen-bond acceptors (Lipinski definition) is 4. The average Bonchev–Trinajstić information content (AvgIpc) is 2.28. The zero-order chi connectivity index (χ0) is 13.5. The van der Waals surface area contributed by atoms with Gasteiger partial charge in [-0.3, -0.25) is 0 Å². The van der Waals surface area contributed by atoms with Gasteiger partial charge in [-0.2, -0.15) is 0 Å². The molecule has 6 heteroatoms. The summed E-state index contributed by atoms with van der Waals surface area (Å²) in [5.74, 6) is 0. The van der Waals surface area contributed by atoms with Gasteiger partial charge in [-0.25, -0.2) is 9.13 Å². The third-order valence-corrected chi connectivity index (χ3v) is 7.50. The van der Waals surface area contributed by atoms with Crippen molar-refractivity contribution in [3.63, 3.8) is 0 Å². The van der Waals surface area contributed by atoms with E-state index in [9.17, 15) is 9.13 Å². The first-order chi connectivity index (χ1) is 7.89. The van der Waals surface area contributed by atoms with Gasteiger partial charge < -0.3 is 8.85 Å². The molecular weight excluding hydrogens is 255 g/mol. The van der Waals surface area contributed by atoms with Crippen LogP contribution in [0.1, 0.15) is 47.0 Å². The maximum atomic E-state index is 11.5. The van der Waals surface area contributed by atoms with Gasteiger partial charge in [-0.05, 0) is 32.4 Å². The Morgan fingerprint density at radius 1 is 1.18 bits per heavy atom. The fourth-order valence-electron chi connectivity index (χ4n) is 1.86. The van der Waals surface area contributed by atoms with Crippen molar-refractivity contribution >= 4 is 16.2 Å². The van der Waals surface area contributed by atoms with E-state index in [1.165, 1.54) is 0 Å². The van der Waals surface area contributed by atoms with Crippen LogP contribution in [0.15, 0.2) is 0 Å². The molecule has 4 nitrogen and oxygen atoms in total. The van der Waals surface area contributed by atoms with Gasteiger partial charge in [0.25, 0.3) is 0 Å². The van der Waals surface area contributed by atoms with Gasteiger partial charge in [-0.1, -0.05) is 27.2 Å². The summed E-state index contributed by atoms with van der Waals surface area (Å²) in [6.07, 6.45) is 1.81. The summed E-state index contributed by atoms with van der Waals surface area (Å²) in [5, 5.41) is -1.03. The molecule has 0 rings (SSSR count). The predicted molar refractivity (Wildman–Crippen MR) is 71.0 cm³/mol. The number of rotatable bonds is 9. The van der Waals surface area contributed by atoms with Gasteiger partial charge in [0.1, 0.15) is 0 Å². The monoisotopic (exact) mass is 280 g/mol. The highest BCUT2D eigenvalue weighted by molar-refractivity contribution is 7.32. The Hall–Kier alpha value is 0.0369. The smallest absolute Gasteiger partial charge is 0.347 e. The minimum atomic E-state index is -2.60. The highest BCUT2D eigenvalue weighted by Crippen LogP contribution is 2.41. The van der Waals surface area contributed by atoms with Crippen molar-refractivity contribution in [2.24, 2.45) is 0 Å². The standard InChI is InChI=1S/C11H25O4PSi/c1-6-10-11(7-2,16(12)13)15-17(5,9-4)14-8-3/h6-10H2,1-5H3. The van der Waals surface area contributed by atoms with Gasteiger partial charge in [0.05, 0.1) is 0 Å². The molecule has 0 aromatic rings. The Morgan fingerprint density at radius 2 is 1.76 bits per heavy atom. The minimum absolute atomic E-state index is 0.481. The molecule has 0 bridgehead atoms. The molecule has 0 amide bonds. The van der Waals surface area contributed by atoms with E-state index in [0.717, 1.165) is 12.5 Å². The fourth-order valence-corrected chi connectivity index (χ4v) is 5.47. The normalized spacial score (nSPS) is 18.4. The molecule has 0 aromatic carbocycles. The summed E-state index contributed by atoms with van der Waals surface area (Å²) in [6, 6.07) is 0.759. The van der Waals surface area contributed by atoms with E-state index in [0.29, 0.717) is 19.4 Å². The van der Waals surface area contributed by atoms with Gasteiger partial charge >= 0.3 is 16.2 Å². The largest absolute Gasteiger partial charge is 0.395 e. The maximum Gasteiger partial charge on any atom is 0.347 e. The van der Waals surface area contributed by atoms with Crippen LogP contribution in [0.5, 0.6) is 0 Å². The molecule has 17 heavy (non-hydrogen) atoms. The van der Waals surface area contributed by atoms with Crippen molar-refractivity contribution in [3.05, 3.63) is 0 Å². The highest BCUT2D eigenvalue weighted by Gasteiger charge is 2.44. The summed E-state index contributed by atoms with van der Waals surface area (Å²) in [7, 11) is -4.97. The predicted octanol–water partition coefficient (Wildman–Crippen LogP) is 4.21. The van der Waals surface area contributed by atoms with Crippen LogP contribution in [-0.4, -0.2) is 20.5 Å². The van der Waals surface area contributed by atoms with E-state index in [4.69, 9.17) is 8.85 Å². The first-order valence-electron chi connectivity index (χ1n) is 6.38. The summed E-state index contributed by atoms with van der Waals surface area (Å²) in [4.78, 5) is 0. The van der Waals surface area contributed by atoms with Gasteiger partial charge in [0.2, 0.25) is 0 Å². The molecule has 102 valence electrons. The number of hydrogen-bond donors (Lipinski definition) is 0. The van der Waals surface area contributed by atoms with Crippen molar-refractivity contribution in [3.8, 4) is 0 Å². The molecule has 0 spiro atoms. The van der Waals surface area contributed by atoms with Crippen molar-refractivity contribution in [1.29, 1.82) is 0 Å². The van der Waals surface area contributed by atoms with Crippen molar-refractivity contribution in [2.45, 2.75) is 64.9 Å². The van der Waals surface area contributed by atoms with Crippen molar-refractivity contribution < 1.29 is 18.0 Å². The van der Waals surface area contributed by atoms with Crippen LogP contribution in [0.3, 0.4) is 0 Å². The van der Waals surface area contributed by atoms with Gasteiger partial charge in [0, 0.05) is 6.61 Å². The quantitative estimate of drug-likeness (QED) is 0.469. The van der Waals surface area contributed by atoms with E-state index in [-0.39, 0.29) is 0 Å². The fraction of sp³-hybridized carbons (Fsp3) is 1.00. The summed E-state index contributed by atoms with van der Waals surface area (Å²) in [5.41, 5.74) is 0. The lowest BCUT2D eigenvalue weighted by atomic mass is 10.1. The molecule has 0 heterocycles. The topological polar surface area (TPSA) is 52.6 Å². The second-order valence-electron chi connectivity index (χ2n) is 4.33. The third kappa shape index (κ3) is 4.66. The Bertz CT molecular complexity index is 287. The van der Waals surface area contributed by atoms with Crippen LogP contribution in [-0.2, 0) is 18.0 Å². The SMILES string of the molecule is CCCC(CC)(O[Si](C)(CC)OCC)P(=O)=O. The first kappa shape index (κ1) is 17.0. The Labute approximate surface area is 106 Å². The molecule has 0 radical (unpaired) electrons. The van der Waals surface area contributed by atoms with Crippen LogP contribution >= 0.6 is 7.68 Å². The molecular formula is C11H25O4PSi. The molecule has 0 saturated heterocycles. The second kappa shape index (κ2) is 7.47. The first-order valence-corrected chi connectivity index (χ1v) is 10.1. The Balaban J connectivity index is 5.07. The van der Waals surface area contributed by atoms with E-state index in [1.807, 2.05) is 34.2 Å². The molecule has 0 aliphatic rings. The molecule has 0 N–H and O–H groups in total. The average molecular weight is 280 g/mol. The van der Waals surface area contributed by atoms with E-state index >= 15 is 0 Å². The minimum Gasteiger partial charge on any atom is -0.395 e. The zero-order valence-electron chi connectivity index (χ0n) is 11.6. The highest BCUT2D eigenvalue weighted by atomic mass is 31.1. The van der Waals surface area contributed by atoms with Crippen LogP contribution in [0.4, 0.5) is 0 Å². The summed E-state index contributed by atoms with van der Waals surface area (Å²) in [6.45, 7) is 10.2. The lowest BCUT2D eigenvalue weighted by Gasteiger charge is -2.35. The van der Waals surface area contributed by atoms with E-state index in [2.05, 4.69) is 0 Å². The molecule has 2 unspecified atom stereocenters. The zero-order valence-corrected chi connectivity index (χ0v) is 13.5. The maximum absolute atomic E-state index is 11.5. The van der Waals surface area contributed by atoms with Crippen LogP contribution < -0.4 is 0 Å². The van der Waals surface area contributed by atoms with Crippen molar-refractivity contribution in [1.82, 2.24) is 0 Å². The molecule has 0 saturated carbocycles.